The second-order valence-corrected chi connectivity index (χ2v) is 3.75. The maximum atomic E-state index is 11.6. The first-order chi connectivity index (χ1) is 6.97. The Kier molecular flexibility index (Phi) is 6.58. The van der Waals surface area contributed by atoms with E-state index in [9.17, 15) is 14.4 Å². The first-order valence-corrected chi connectivity index (χ1v) is 5.21. The molecule has 0 aromatic heterocycles. The summed E-state index contributed by atoms with van der Waals surface area (Å²) in [4.78, 5) is 32.7. The lowest BCUT2D eigenvalue weighted by Crippen LogP contribution is -2.18. The summed E-state index contributed by atoms with van der Waals surface area (Å²) < 4.78 is 0. The monoisotopic (exact) mass is 214 g/mol. The summed E-state index contributed by atoms with van der Waals surface area (Å²) in [5, 5.41) is 8.44. The molecule has 0 amide bonds. The second kappa shape index (κ2) is 7.15. The molecule has 86 valence electrons. The molecule has 0 radical (unpaired) electrons. The van der Waals surface area contributed by atoms with Gasteiger partial charge in [0, 0.05) is 18.8 Å². The fourth-order valence-corrected chi connectivity index (χ4v) is 1.51. The maximum absolute atomic E-state index is 11.6. The van der Waals surface area contributed by atoms with Crippen LogP contribution in [0.15, 0.2) is 0 Å². The van der Waals surface area contributed by atoms with Gasteiger partial charge in [0.25, 0.3) is 0 Å². The molecule has 0 bridgehead atoms. The molecule has 0 aromatic rings. The van der Waals surface area contributed by atoms with Crippen LogP contribution in [-0.4, -0.2) is 22.6 Å². The Morgan fingerprint density at radius 2 is 1.80 bits per heavy atom. The van der Waals surface area contributed by atoms with Crippen molar-refractivity contribution in [3.05, 3.63) is 0 Å². The second-order valence-electron chi connectivity index (χ2n) is 3.75. The SMILES string of the molecule is CCCC(CC(C)=O)C(=O)CCC(=O)O. The molecule has 15 heavy (non-hydrogen) atoms. The first-order valence-electron chi connectivity index (χ1n) is 5.21. The van der Waals surface area contributed by atoms with Gasteiger partial charge in [-0.15, -0.1) is 0 Å². The number of hydrogen-bond donors (Lipinski definition) is 1. The van der Waals surface area contributed by atoms with Gasteiger partial charge in [-0.25, -0.2) is 0 Å². The smallest absolute Gasteiger partial charge is 0.303 e. The van der Waals surface area contributed by atoms with Gasteiger partial charge in [0.2, 0.25) is 0 Å². The van der Waals surface area contributed by atoms with Gasteiger partial charge < -0.3 is 9.90 Å². The summed E-state index contributed by atoms with van der Waals surface area (Å²) in [7, 11) is 0. The molecule has 4 heteroatoms. The number of carboxylic acids is 1. The van der Waals surface area contributed by atoms with E-state index >= 15 is 0 Å². The molecule has 1 N–H and O–H groups in total. The molecule has 0 aliphatic heterocycles. The minimum Gasteiger partial charge on any atom is -0.481 e. The molecule has 0 heterocycles. The highest BCUT2D eigenvalue weighted by atomic mass is 16.4. The van der Waals surface area contributed by atoms with Crippen LogP contribution in [0.3, 0.4) is 0 Å². The van der Waals surface area contributed by atoms with Crippen LogP contribution in [0, 0.1) is 5.92 Å². The van der Waals surface area contributed by atoms with Crippen molar-refractivity contribution < 1.29 is 19.5 Å². The number of carbonyl (C=O) groups is 3. The Bertz CT molecular complexity index is 245. The molecule has 0 spiro atoms. The number of carboxylic acid groups (broad SMARTS) is 1. The average molecular weight is 214 g/mol. The third-order valence-electron chi connectivity index (χ3n) is 2.21. The van der Waals surface area contributed by atoms with Gasteiger partial charge in [0.05, 0.1) is 6.42 Å². The van der Waals surface area contributed by atoms with E-state index in [0.717, 1.165) is 6.42 Å². The van der Waals surface area contributed by atoms with Gasteiger partial charge in [-0.05, 0) is 13.3 Å². The Morgan fingerprint density at radius 3 is 2.20 bits per heavy atom. The lowest BCUT2D eigenvalue weighted by atomic mass is 9.91. The Labute approximate surface area is 89.7 Å². The van der Waals surface area contributed by atoms with E-state index in [1.807, 2.05) is 6.92 Å². The Hall–Kier alpha value is -1.19. The number of aliphatic carboxylic acids is 1. The lowest BCUT2D eigenvalue weighted by Gasteiger charge is -2.12. The maximum Gasteiger partial charge on any atom is 0.303 e. The summed E-state index contributed by atoms with van der Waals surface area (Å²) in [6.45, 7) is 3.39. The zero-order chi connectivity index (χ0) is 11.8. The van der Waals surface area contributed by atoms with Crippen LogP contribution in [0.1, 0.15) is 46.0 Å². The molecular formula is C11H18O4. The van der Waals surface area contributed by atoms with Crippen LogP contribution < -0.4 is 0 Å². The molecule has 0 saturated heterocycles. The highest BCUT2D eigenvalue weighted by molar-refractivity contribution is 5.88. The zero-order valence-electron chi connectivity index (χ0n) is 9.28. The molecule has 0 saturated carbocycles. The van der Waals surface area contributed by atoms with Crippen molar-refractivity contribution >= 4 is 17.5 Å². The Balaban J connectivity index is 4.15. The van der Waals surface area contributed by atoms with E-state index in [0.29, 0.717) is 6.42 Å². The summed E-state index contributed by atoms with van der Waals surface area (Å²) in [6, 6.07) is 0. The lowest BCUT2D eigenvalue weighted by molar-refractivity contribution is -0.139. The van der Waals surface area contributed by atoms with E-state index in [1.165, 1.54) is 6.92 Å². The summed E-state index contributed by atoms with van der Waals surface area (Å²) in [5.41, 5.74) is 0. The molecule has 0 fully saturated rings. The van der Waals surface area contributed by atoms with Crippen LogP contribution in [0.4, 0.5) is 0 Å². The van der Waals surface area contributed by atoms with Crippen LogP contribution in [0.5, 0.6) is 0 Å². The summed E-state index contributed by atoms with van der Waals surface area (Å²) in [6.07, 6.45) is 1.63. The molecule has 1 atom stereocenters. The van der Waals surface area contributed by atoms with E-state index < -0.39 is 5.97 Å². The molecule has 0 rings (SSSR count). The summed E-state index contributed by atoms with van der Waals surface area (Å²) >= 11 is 0. The molecule has 0 aliphatic carbocycles. The fraction of sp³-hybridized carbons (Fsp3) is 0.727. The van der Waals surface area contributed by atoms with E-state index in [1.54, 1.807) is 0 Å². The number of hydrogen-bond acceptors (Lipinski definition) is 3. The highest BCUT2D eigenvalue weighted by Gasteiger charge is 2.19. The van der Waals surface area contributed by atoms with Crippen molar-refractivity contribution in [2.75, 3.05) is 0 Å². The first kappa shape index (κ1) is 13.8. The Morgan fingerprint density at radius 1 is 1.20 bits per heavy atom. The van der Waals surface area contributed by atoms with Gasteiger partial charge in [-0.1, -0.05) is 13.3 Å². The fourth-order valence-electron chi connectivity index (χ4n) is 1.51. The molecular weight excluding hydrogens is 196 g/mol. The quantitative estimate of drug-likeness (QED) is 0.669. The predicted octanol–water partition coefficient (Wildman–Crippen LogP) is 1.82. The number of Topliss-reactive ketones (excluding diaryl/α,β-unsaturated/α-hetero) is 2. The zero-order valence-corrected chi connectivity index (χ0v) is 9.28. The minimum atomic E-state index is -0.971. The molecule has 4 nitrogen and oxygen atoms in total. The van der Waals surface area contributed by atoms with Crippen molar-refractivity contribution in [3.8, 4) is 0 Å². The third-order valence-corrected chi connectivity index (χ3v) is 2.21. The van der Waals surface area contributed by atoms with Crippen molar-refractivity contribution in [1.29, 1.82) is 0 Å². The highest BCUT2D eigenvalue weighted by Crippen LogP contribution is 2.15. The third kappa shape index (κ3) is 6.82. The van der Waals surface area contributed by atoms with Crippen LogP contribution in [-0.2, 0) is 14.4 Å². The molecule has 0 aromatic carbocycles. The standard InChI is InChI=1S/C11H18O4/c1-3-4-9(7-8(2)12)10(13)5-6-11(14)15/h9H,3-7H2,1-2H3,(H,14,15). The van der Waals surface area contributed by atoms with Gasteiger partial charge >= 0.3 is 5.97 Å². The van der Waals surface area contributed by atoms with Crippen LogP contribution in [0.2, 0.25) is 0 Å². The number of carbonyl (C=O) groups excluding carboxylic acids is 2. The van der Waals surface area contributed by atoms with Gasteiger partial charge in [-0.3, -0.25) is 9.59 Å². The minimum absolute atomic E-state index is 0.0166. The molecule has 0 aliphatic rings. The summed E-state index contributed by atoms with van der Waals surface area (Å²) in [5.74, 6) is -1.38. The normalized spacial score (nSPS) is 12.1. The van der Waals surface area contributed by atoms with Gasteiger partial charge in [-0.2, -0.15) is 0 Å². The van der Waals surface area contributed by atoms with Crippen molar-refractivity contribution in [3.63, 3.8) is 0 Å². The average Bonchev–Trinajstić information content (AvgIpc) is 2.12. The number of rotatable bonds is 8. The van der Waals surface area contributed by atoms with Gasteiger partial charge in [0.1, 0.15) is 11.6 Å². The van der Waals surface area contributed by atoms with Crippen LogP contribution >= 0.6 is 0 Å². The van der Waals surface area contributed by atoms with E-state index in [-0.39, 0.29) is 36.7 Å². The molecule has 1 unspecified atom stereocenters. The number of ketones is 2. The van der Waals surface area contributed by atoms with Crippen LogP contribution in [0.25, 0.3) is 0 Å². The van der Waals surface area contributed by atoms with Crippen molar-refractivity contribution in [2.24, 2.45) is 5.92 Å². The largest absolute Gasteiger partial charge is 0.481 e. The van der Waals surface area contributed by atoms with E-state index in [4.69, 9.17) is 5.11 Å². The van der Waals surface area contributed by atoms with E-state index in [2.05, 4.69) is 0 Å². The van der Waals surface area contributed by atoms with Gasteiger partial charge in [0.15, 0.2) is 0 Å². The topological polar surface area (TPSA) is 71.4 Å². The van der Waals surface area contributed by atoms with Crippen molar-refractivity contribution in [2.45, 2.75) is 46.0 Å². The van der Waals surface area contributed by atoms with Crippen molar-refractivity contribution in [1.82, 2.24) is 0 Å². The predicted molar refractivity (Wildman–Crippen MR) is 55.6 cm³/mol.